The number of azo groups is 1. The molecule has 1 aliphatic heterocycles. The summed E-state index contributed by atoms with van der Waals surface area (Å²) in [5.41, 5.74) is 4.85. The Kier molecular flexibility index (Phi) is 11.2. The molecule has 6 aromatic rings. The van der Waals surface area contributed by atoms with Crippen LogP contribution in [0, 0.1) is 0 Å². The highest BCUT2D eigenvalue weighted by Crippen LogP contribution is 2.30. The standard InChI is InChI=1S/C36H35N7O6S4/c1-42(52(44,45)31-12-6-28(7-13-31)34-25-51-36(40-34)41-37-23-30-3-2-20-49-30)17-16-26-4-10-29(11-5-26)38-35-39-33(24-50-35)27-8-14-32(15-9-27)53(46,47)43-18-21-48-22-19-43/h2-15,20,24-25H,16-19,21-23H2,1H3,(H,38,39). The van der Waals surface area contributed by atoms with Crippen molar-refractivity contribution in [1.82, 2.24) is 18.6 Å². The molecule has 3 aromatic heterocycles. The van der Waals surface area contributed by atoms with Gasteiger partial charge in [-0.15, -0.1) is 27.8 Å². The number of ether oxygens (including phenoxy) is 1. The van der Waals surface area contributed by atoms with Gasteiger partial charge in [0.05, 0.1) is 40.7 Å². The molecule has 0 aliphatic carbocycles. The van der Waals surface area contributed by atoms with Crippen molar-refractivity contribution in [2.45, 2.75) is 22.8 Å². The van der Waals surface area contributed by atoms with Crippen LogP contribution in [-0.2, 0) is 37.7 Å². The zero-order valence-electron chi connectivity index (χ0n) is 28.5. The van der Waals surface area contributed by atoms with E-state index in [2.05, 4.69) is 25.5 Å². The van der Waals surface area contributed by atoms with E-state index >= 15 is 0 Å². The smallest absolute Gasteiger partial charge is 0.243 e. The predicted octanol–water partition coefficient (Wildman–Crippen LogP) is 7.44. The lowest BCUT2D eigenvalue weighted by atomic mass is 10.1. The largest absolute Gasteiger partial charge is 0.467 e. The van der Waals surface area contributed by atoms with Gasteiger partial charge in [0.25, 0.3) is 0 Å². The molecule has 0 amide bonds. The third-order valence-electron chi connectivity index (χ3n) is 8.50. The zero-order chi connectivity index (χ0) is 36.8. The summed E-state index contributed by atoms with van der Waals surface area (Å²) in [6.07, 6.45) is 2.12. The molecular formula is C36H35N7O6S4. The molecule has 13 nitrogen and oxygen atoms in total. The molecule has 7 rings (SSSR count). The van der Waals surface area contributed by atoms with E-state index in [9.17, 15) is 16.8 Å². The monoisotopic (exact) mass is 789 g/mol. The van der Waals surface area contributed by atoms with Crippen molar-refractivity contribution in [1.29, 1.82) is 0 Å². The SMILES string of the molecule is CN(CCc1ccc(Nc2nc(-c3ccc(S(=O)(=O)N4CCOCC4)cc3)cs2)cc1)S(=O)(=O)c1ccc(-c2csc(N=NCc3ccco3)n2)cc1. The normalized spacial score (nSPS) is 14.3. The van der Waals surface area contributed by atoms with Crippen molar-refractivity contribution in [2.75, 3.05) is 45.2 Å². The Bertz CT molecular complexity index is 2370. The van der Waals surface area contributed by atoms with Gasteiger partial charge in [0.2, 0.25) is 25.2 Å². The Labute approximate surface area is 315 Å². The third-order valence-corrected chi connectivity index (χ3v) is 13.8. The van der Waals surface area contributed by atoms with Crippen LogP contribution in [0.3, 0.4) is 0 Å². The highest BCUT2D eigenvalue weighted by Gasteiger charge is 2.26. The maximum atomic E-state index is 13.3. The van der Waals surface area contributed by atoms with E-state index in [4.69, 9.17) is 9.15 Å². The third kappa shape index (κ3) is 8.79. The fourth-order valence-electron chi connectivity index (χ4n) is 5.47. The summed E-state index contributed by atoms with van der Waals surface area (Å²) in [4.78, 5) is 9.63. The summed E-state index contributed by atoms with van der Waals surface area (Å²) in [7, 11) is -5.69. The van der Waals surface area contributed by atoms with Crippen molar-refractivity contribution in [3.05, 3.63) is 113 Å². The summed E-state index contributed by atoms with van der Waals surface area (Å²) in [6, 6.07) is 24.8. The summed E-state index contributed by atoms with van der Waals surface area (Å²) in [5, 5.41) is 16.6. The van der Waals surface area contributed by atoms with Crippen LogP contribution >= 0.6 is 22.7 Å². The van der Waals surface area contributed by atoms with Crippen LogP contribution in [0.25, 0.3) is 22.5 Å². The van der Waals surface area contributed by atoms with Crippen molar-refractivity contribution < 1.29 is 26.0 Å². The fraction of sp³-hybridized carbons (Fsp3) is 0.222. The van der Waals surface area contributed by atoms with Crippen LogP contribution in [0.15, 0.2) is 126 Å². The van der Waals surface area contributed by atoms with Crippen LogP contribution in [0.4, 0.5) is 16.0 Å². The Hall–Kier alpha value is -4.62. The quantitative estimate of drug-likeness (QED) is 0.111. The number of nitrogens with zero attached hydrogens (tertiary/aromatic N) is 6. The van der Waals surface area contributed by atoms with Gasteiger partial charge in [-0.25, -0.2) is 31.1 Å². The van der Waals surface area contributed by atoms with Crippen molar-refractivity contribution in [3.8, 4) is 22.5 Å². The molecule has 0 bridgehead atoms. The number of furan rings is 1. The summed E-state index contributed by atoms with van der Waals surface area (Å²) in [5.74, 6) is 0.712. The Morgan fingerprint density at radius 1 is 0.830 bits per heavy atom. The number of morpholine rings is 1. The second-order valence-electron chi connectivity index (χ2n) is 12.0. The highest BCUT2D eigenvalue weighted by atomic mass is 32.2. The molecule has 53 heavy (non-hydrogen) atoms. The Morgan fingerprint density at radius 2 is 1.49 bits per heavy atom. The van der Waals surface area contributed by atoms with E-state index in [-0.39, 0.29) is 9.79 Å². The summed E-state index contributed by atoms with van der Waals surface area (Å²) in [6.45, 7) is 2.12. The van der Waals surface area contributed by atoms with Gasteiger partial charge >= 0.3 is 0 Å². The molecule has 3 aromatic carbocycles. The number of aromatic nitrogens is 2. The maximum absolute atomic E-state index is 13.3. The molecule has 1 saturated heterocycles. The molecule has 1 fully saturated rings. The number of hydrogen-bond donors (Lipinski definition) is 1. The number of anilines is 2. The van der Waals surface area contributed by atoms with Crippen LogP contribution < -0.4 is 5.32 Å². The zero-order valence-corrected chi connectivity index (χ0v) is 31.8. The lowest BCUT2D eigenvalue weighted by molar-refractivity contribution is 0.0730. The highest BCUT2D eigenvalue weighted by molar-refractivity contribution is 7.89. The minimum Gasteiger partial charge on any atom is -0.467 e. The number of thiazole rings is 2. The van der Waals surface area contributed by atoms with Gasteiger partial charge in [-0.2, -0.15) is 9.42 Å². The van der Waals surface area contributed by atoms with E-state index < -0.39 is 20.0 Å². The molecule has 1 N–H and O–H groups in total. The van der Waals surface area contributed by atoms with Crippen molar-refractivity contribution in [3.63, 3.8) is 0 Å². The average molecular weight is 790 g/mol. The van der Waals surface area contributed by atoms with E-state index in [0.29, 0.717) is 67.5 Å². The van der Waals surface area contributed by atoms with Crippen LogP contribution in [0.1, 0.15) is 11.3 Å². The van der Waals surface area contributed by atoms with Gasteiger partial charge in [0, 0.05) is 54.3 Å². The Morgan fingerprint density at radius 3 is 2.17 bits per heavy atom. The van der Waals surface area contributed by atoms with Crippen LogP contribution in [0.2, 0.25) is 0 Å². The summed E-state index contributed by atoms with van der Waals surface area (Å²) >= 11 is 2.80. The van der Waals surface area contributed by atoms with Gasteiger partial charge < -0.3 is 14.5 Å². The molecule has 0 radical (unpaired) electrons. The first-order chi connectivity index (χ1) is 25.6. The topological polar surface area (TPSA) is 160 Å². The number of hydrogen-bond acceptors (Lipinski definition) is 13. The predicted molar refractivity (Wildman–Crippen MR) is 205 cm³/mol. The molecule has 4 heterocycles. The molecule has 1 aliphatic rings. The molecule has 0 spiro atoms. The Balaban J connectivity index is 0.902. The molecule has 0 atom stereocenters. The number of benzene rings is 3. The first kappa shape index (κ1) is 36.7. The maximum Gasteiger partial charge on any atom is 0.243 e. The molecular weight excluding hydrogens is 755 g/mol. The minimum atomic E-state index is -3.70. The number of sulfonamides is 2. The van der Waals surface area contributed by atoms with E-state index in [1.807, 2.05) is 41.1 Å². The van der Waals surface area contributed by atoms with E-state index in [0.717, 1.165) is 28.1 Å². The second kappa shape index (κ2) is 16.2. The van der Waals surface area contributed by atoms with Gasteiger partial charge in [0.15, 0.2) is 5.13 Å². The van der Waals surface area contributed by atoms with Crippen molar-refractivity contribution in [2.24, 2.45) is 10.2 Å². The van der Waals surface area contributed by atoms with Crippen LogP contribution in [0.5, 0.6) is 0 Å². The molecule has 17 heteroatoms. The average Bonchev–Trinajstić information content (AvgIpc) is 3.99. The first-order valence-electron chi connectivity index (χ1n) is 16.6. The first-order valence-corrected chi connectivity index (χ1v) is 21.2. The van der Waals surface area contributed by atoms with E-state index in [1.165, 1.54) is 31.3 Å². The lowest BCUT2D eigenvalue weighted by Crippen LogP contribution is -2.40. The van der Waals surface area contributed by atoms with Crippen molar-refractivity contribution >= 4 is 58.7 Å². The van der Waals surface area contributed by atoms with Gasteiger partial charge in [0.1, 0.15) is 12.3 Å². The van der Waals surface area contributed by atoms with Gasteiger partial charge in [-0.1, -0.05) is 36.4 Å². The fourth-order valence-corrected chi connectivity index (χ4v) is 9.45. The van der Waals surface area contributed by atoms with E-state index in [1.54, 1.807) is 67.9 Å². The number of rotatable bonds is 14. The van der Waals surface area contributed by atoms with Gasteiger partial charge in [-0.3, -0.25) is 0 Å². The molecule has 0 saturated carbocycles. The summed E-state index contributed by atoms with van der Waals surface area (Å²) < 4.78 is 65.9. The van der Waals surface area contributed by atoms with Gasteiger partial charge in [-0.05, 0) is 60.5 Å². The molecule has 0 unspecified atom stereocenters. The minimum absolute atomic E-state index is 0.202. The van der Waals surface area contributed by atoms with Crippen LogP contribution in [-0.4, -0.2) is 75.3 Å². The lowest BCUT2D eigenvalue weighted by Gasteiger charge is -2.26. The molecule has 274 valence electrons. The number of nitrogens with one attached hydrogen (secondary N) is 1. The number of likely N-dealkylation sites (N-methyl/N-ethyl adjacent to an activating group) is 1. The second-order valence-corrected chi connectivity index (χ2v) is 17.7.